The molecule has 2 aromatic carbocycles. The minimum atomic E-state index is -1.32. The van der Waals surface area contributed by atoms with E-state index in [9.17, 15) is 14.0 Å². The van der Waals surface area contributed by atoms with Crippen LogP contribution in [-0.2, 0) is 9.59 Å². The molecule has 0 atom stereocenters. The molecule has 4 nitrogen and oxygen atoms in total. The summed E-state index contributed by atoms with van der Waals surface area (Å²) in [5.74, 6) is -1.34. The van der Waals surface area contributed by atoms with Crippen molar-refractivity contribution in [2.45, 2.75) is 20.8 Å². The van der Waals surface area contributed by atoms with E-state index in [1.54, 1.807) is 18.2 Å². The van der Waals surface area contributed by atoms with Gasteiger partial charge in [0.05, 0.1) is 0 Å². The molecule has 0 fully saturated rings. The Morgan fingerprint density at radius 1 is 1.00 bits per heavy atom. The molecule has 2 aromatic rings. The Morgan fingerprint density at radius 3 is 2.17 bits per heavy atom. The lowest BCUT2D eigenvalue weighted by Crippen LogP contribution is -2.41. The summed E-state index contributed by atoms with van der Waals surface area (Å²) in [6.07, 6.45) is 0. The number of benzene rings is 2. The molecule has 0 saturated heterocycles. The maximum absolute atomic E-state index is 12.9. The van der Waals surface area contributed by atoms with Crippen LogP contribution in [0.2, 0.25) is 5.02 Å². The summed E-state index contributed by atoms with van der Waals surface area (Å²) >= 11 is 5.89. The predicted octanol–water partition coefficient (Wildman–Crippen LogP) is 4.39. The van der Waals surface area contributed by atoms with Crippen LogP contribution in [0.15, 0.2) is 42.5 Å². The number of aryl methyl sites for hydroxylation is 1. The molecular formula is C18H18ClFN2O2. The van der Waals surface area contributed by atoms with Crippen molar-refractivity contribution in [1.29, 1.82) is 0 Å². The summed E-state index contributed by atoms with van der Waals surface area (Å²) in [4.78, 5) is 24.9. The molecule has 0 heterocycles. The summed E-state index contributed by atoms with van der Waals surface area (Å²) in [5, 5.41) is 5.92. The number of hydrogen-bond donors (Lipinski definition) is 2. The van der Waals surface area contributed by atoms with E-state index in [2.05, 4.69) is 10.6 Å². The molecule has 0 aliphatic rings. The Hall–Kier alpha value is -2.40. The lowest BCUT2D eigenvalue weighted by molar-refractivity contribution is -0.135. The lowest BCUT2D eigenvalue weighted by Gasteiger charge is -2.23. The SMILES string of the molecule is Cc1cc(Cl)ccc1NC(=O)C(C)(C)C(=O)Nc1ccc(F)cc1. The van der Waals surface area contributed by atoms with Gasteiger partial charge in [0.2, 0.25) is 11.8 Å². The van der Waals surface area contributed by atoms with Gasteiger partial charge in [0.25, 0.3) is 0 Å². The van der Waals surface area contributed by atoms with Crippen LogP contribution in [0, 0.1) is 18.2 Å². The number of hydrogen-bond acceptors (Lipinski definition) is 2. The second-order valence-electron chi connectivity index (χ2n) is 6.00. The Bertz CT molecular complexity index is 773. The molecule has 0 bridgehead atoms. The number of halogens is 2. The first-order chi connectivity index (χ1) is 11.2. The van der Waals surface area contributed by atoms with Crippen LogP contribution in [-0.4, -0.2) is 11.8 Å². The molecule has 0 unspecified atom stereocenters. The summed E-state index contributed by atoms with van der Waals surface area (Å²) < 4.78 is 12.9. The third kappa shape index (κ3) is 4.11. The average molecular weight is 349 g/mol. The highest BCUT2D eigenvalue weighted by atomic mass is 35.5. The molecule has 0 spiro atoms. The van der Waals surface area contributed by atoms with Crippen molar-refractivity contribution < 1.29 is 14.0 Å². The fourth-order valence-corrected chi connectivity index (χ4v) is 2.20. The number of anilines is 2. The van der Waals surface area contributed by atoms with E-state index in [4.69, 9.17) is 11.6 Å². The minimum Gasteiger partial charge on any atom is -0.325 e. The van der Waals surface area contributed by atoms with E-state index >= 15 is 0 Å². The van der Waals surface area contributed by atoms with Crippen LogP contribution in [0.4, 0.5) is 15.8 Å². The molecule has 2 rings (SSSR count). The monoisotopic (exact) mass is 348 g/mol. The van der Waals surface area contributed by atoms with Gasteiger partial charge in [-0.3, -0.25) is 9.59 Å². The summed E-state index contributed by atoms with van der Waals surface area (Å²) in [7, 11) is 0. The van der Waals surface area contributed by atoms with E-state index in [1.807, 2.05) is 6.92 Å². The number of carbonyl (C=O) groups is 2. The second kappa shape index (κ2) is 7.01. The topological polar surface area (TPSA) is 58.2 Å². The highest BCUT2D eigenvalue weighted by Crippen LogP contribution is 2.24. The van der Waals surface area contributed by atoms with Crippen molar-refractivity contribution >= 4 is 34.8 Å². The van der Waals surface area contributed by atoms with E-state index in [0.717, 1.165) is 5.56 Å². The van der Waals surface area contributed by atoms with Crippen molar-refractivity contribution in [2.24, 2.45) is 5.41 Å². The predicted molar refractivity (Wildman–Crippen MR) is 93.6 cm³/mol. The van der Waals surface area contributed by atoms with Gasteiger partial charge in [-0.25, -0.2) is 4.39 Å². The Labute approximate surface area is 145 Å². The van der Waals surface area contributed by atoms with Crippen molar-refractivity contribution in [3.05, 3.63) is 58.9 Å². The first kappa shape index (κ1) is 17.9. The van der Waals surface area contributed by atoms with Gasteiger partial charge in [-0.2, -0.15) is 0 Å². The average Bonchev–Trinajstić information content (AvgIpc) is 2.52. The van der Waals surface area contributed by atoms with Crippen LogP contribution in [0.3, 0.4) is 0 Å². The zero-order valence-corrected chi connectivity index (χ0v) is 14.4. The first-order valence-corrected chi connectivity index (χ1v) is 7.72. The zero-order valence-electron chi connectivity index (χ0n) is 13.6. The fraction of sp³-hybridized carbons (Fsp3) is 0.222. The lowest BCUT2D eigenvalue weighted by atomic mass is 9.90. The minimum absolute atomic E-state index is 0.400. The standard InChI is InChI=1S/C18H18ClFN2O2/c1-11-10-12(19)4-9-15(11)22-17(24)18(2,3)16(23)21-14-7-5-13(20)6-8-14/h4-10H,1-3H3,(H,21,23)(H,22,24). The van der Waals surface area contributed by atoms with Gasteiger partial charge in [0.15, 0.2) is 0 Å². The molecule has 126 valence electrons. The van der Waals surface area contributed by atoms with Gasteiger partial charge in [-0.1, -0.05) is 11.6 Å². The molecule has 0 aliphatic heterocycles. The van der Waals surface area contributed by atoms with E-state index in [0.29, 0.717) is 16.4 Å². The van der Waals surface area contributed by atoms with Crippen LogP contribution in [0.5, 0.6) is 0 Å². The van der Waals surface area contributed by atoms with Crippen molar-refractivity contribution in [3.63, 3.8) is 0 Å². The van der Waals surface area contributed by atoms with Crippen LogP contribution < -0.4 is 10.6 Å². The smallest absolute Gasteiger partial charge is 0.239 e. The molecule has 2 amide bonds. The molecule has 0 radical (unpaired) electrons. The molecule has 6 heteroatoms. The van der Waals surface area contributed by atoms with Gasteiger partial charge in [-0.15, -0.1) is 0 Å². The van der Waals surface area contributed by atoms with Crippen LogP contribution >= 0.6 is 11.6 Å². The van der Waals surface area contributed by atoms with Crippen molar-refractivity contribution in [3.8, 4) is 0 Å². The van der Waals surface area contributed by atoms with Crippen LogP contribution in [0.25, 0.3) is 0 Å². The summed E-state index contributed by atoms with van der Waals surface area (Å²) in [5.41, 5.74) is 0.489. The summed E-state index contributed by atoms with van der Waals surface area (Å²) in [6.45, 7) is 4.85. The molecule has 0 saturated carbocycles. The largest absolute Gasteiger partial charge is 0.325 e. The van der Waals surface area contributed by atoms with Gasteiger partial charge < -0.3 is 10.6 Å². The third-order valence-corrected chi connectivity index (χ3v) is 3.91. The van der Waals surface area contributed by atoms with Crippen LogP contribution in [0.1, 0.15) is 19.4 Å². The Balaban J connectivity index is 2.11. The van der Waals surface area contributed by atoms with Crippen molar-refractivity contribution in [2.75, 3.05) is 10.6 Å². The molecule has 0 aliphatic carbocycles. The van der Waals surface area contributed by atoms with E-state index in [-0.39, 0.29) is 0 Å². The molecule has 24 heavy (non-hydrogen) atoms. The van der Waals surface area contributed by atoms with Gasteiger partial charge >= 0.3 is 0 Å². The fourth-order valence-electron chi connectivity index (χ4n) is 1.97. The number of carbonyl (C=O) groups excluding carboxylic acids is 2. The molecule has 0 aromatic heterocycles. The highest BCUT2D eigenvalue weighted by Gasteiger charge is 2.36. The van der Waals surface area contributed by atoms with Gasteiger partial charge in [0.1, 0.15) is 11.2 Å². The maximum atomic E-state index is 12.9. The van der Waals surface area contributed by atoms with Gasteiger partial charge in [-0.05, 0) is 68.8 Å². The number of nitrogens with one attached hydrogen (secondary N) is 2. The van der Waals surface area contributed by atoms with E-state index in [1.165, 1.54) is 38.1 Å². The van der Waals surface area contributed by atoms with Gasteiger partial charge in [0, 0.05) is 16.4 Å². The Morgan fingerprint density at radius 2 is 1.58 bits per heavy atom. The first-order valence-electron chi connectivity index (χ1n) is 7.35. The second-order valence-corrected chi connectivity index (χ2v) is 6.44. The normalized spacial score (nSPS) is 11.0. The van der Waals surface area contributed by atoms with Crippen molar-refractivity contribution in [1.82, 2.24) is 0 Å². The summed E-state index contributed by atoms with van der Waals surface area (Å²) in [6, 6.07) is 10.4. The zero-order chi connectivity index (χ0) is 17.9. The third-order valence-electron chi connectivity index (χ3n) is 3.67. The maximum Gasteiger partial charge on any atom is 0.239 e. The number of rotatable bonds is 4. The molecule has 2 N–H and O–H groups in total. The number of amides is 2. The Kier molecular flexibility index (Phi) is 5.24. The molecular weight excluding hydrogens is 331 g/mol. The highest BCUT2D eigenvalue weighted by molar-refractivity contribution is 6.30. The quantitative estimate of drug-likeness (QED) is 0.805. The van der Waals surface area contributed by atoms with E-state index < -0.39 is 23.0 Å².